The fourth-order valence-electron chi connectivity index (χ4n) is 1.97. The second-order valence-electron chi connectivity index (χ2n) is 5.32. The standard InChI is InChI=1S/C18H18BrFN4O2/c1-2-9-21-17(25)18(26)24-22-11-12-10-13(19)3-8-16(12)23-15-6-4-14(20)5-7-15/h3-8,10-11,23H,2,9H2,1H3,(H,21,25)(H,24,26)/b22-11-. The number of carbonyl (C=O) groups is 2. The van der Waals surface area contributed by atoms with Gasteiger partial charge in [-0.1, -0.05) is 22.9 Å². The topological polar surface area (TPSA) is 82.6 Å². The van der Waals surface area contributed by atoms with Crippen LogP contribution in [-0.2, 0) is 9.59 Å². The molecular formula is C18H18BrFN4O2. The lowest BCUT2D eigenvalue weighted by atomic mass is 10.2. The highest BCUT2D eigenvalue weighted by Crippen LogP contribution is 2.23. The van der Waals surface area contributed by atoms with Crippen LogP contribution in [0.3, 0.4) is 0 Å². The summed E-state index contributed by atoms with van der Waals surface area (Å²) < 4.78 is 13.8. The summed E-state index contributed by atoms with van der Waals surface area (Å²) in [6.07, 6.45) is 2.15. The molecule has 0 heterocycles. The lowest BCUT2D eigenvalue weighted by molar-refractivity contribution is -0.139. The summed E-state index contributed by atoms with van der Waals surface area (Å²) in [6, 6.07) is 11.4. The maximum Gasteiger partial charge on any atom is 0.329 e. The smallest absolute Gasteiger partial charge is 0.329 e. The zero-order chi connectivity index (χ0) is 18.9. The van der Waals surface area contributed by atoms with Gasteiger partial charge in [0.1, 0.15) is 5.82 Å². The molecule has 0 aliphatic rings. The Balaban J connectivity index is 2.08. The number of hydrogen-bond donors (Lipinski definition) is 3. The molecule has 0 saturated carbocycles. The molecule has 0 aliphatic heterocycles. The summed E-state index contributed by atoms with van der Waals surface area (Å²) in [5.74, 6) is -1.89. The largest absolute Gasteiger partial charge is 0.355 e. The van der Waals surface area contributed by atoms with Gasteiger partial charge in [-0.25, -0.2) is 9.82 Å². The second kappa shape index (κ2) is 9.67. The minimum atomic E-state index is -0.835. The molecule has 0 spiro atoms. The third-order valence-corrected chi connectivity index (χ3v) is 3.74. The molecular weight excluding hydrogens is 403 g/mol. The van der Waals surface area contributed by atoms with Crippen molar-refractivity contribution < 1.29 is 14.0 Å². The Morgan fingerprint density at radius 1 is 1.15 bits per heavy atom. The Morgan fingerprint density at radius 3 is 2.58 bits per heavy atom. The molecule has 2 aromatic carbocycles. The second-order valence-corrected chi connectivity index (χ2v) is 6.23. The van der Waals surface area contributed by atoms with Gasteiger partial charge in [-0.3, -0.25) is 9.59 Å². The van der Waals surface area contributed by atoms with Crippen LogP contribution in [0.4, 0.5) is 15.8 Å². The van der Waals surface area contributed by atoms with E-state index in [4.69, 9.17) is 0 Å². The summed E-state index contributed by atoms with van der Waals surface area (Å²) in [7, 11) is 0. The lowest BCUT2D eigenvalue weighted by Gasteiger charge is -2.10. The van der Waals surface area contributed by atoms with Gasteiger partial charge < -0.3 is 10.6 Å². The number of hydrazone groups is 1. The number of nitrogens with one attached hydrogen (secondary N) is 3. The van der Waals surface area contributed by atoms with E-state index in [1.807, 2.05) is 19.1 Å². The van der Waals surface area contributed by atoms with E-state index in [1.54, 1.807) is 18.2 Å². The predicted octanol–water partition coefficient (Wildman–Crippen LogP) is 3.31. The first-order valence-corrected chi connectivity index (χ1v) is 8.72. The van der Waals surface area contributed by atoms with Gasteiger partial charge in [0.05, 0.1) is 6.21 Å². The molecule has 0 saturated heterocycles. The van der Waals surface area contributed by atoms with Gasteiger partial charge in [-0.2, -0.15) is 5.10 Å². The van der Waals surface area contributed by atoms with E-state index in [0.29, 0.717) is 23.5 Å². The van der Waals surface area contributed by atoms with Crippen LogP contribution in [0.2, 0.25) is 0 Å². The van der Waals surface area contributed by atoms with Crippen LogP contribution in [0.25, 0.3) is 0 Å². The van der Waals surface area contributed by atoms with E-state index in [9.17, 15) is 14.0 Å². The van der Waals surface area contributed by atoms with Crippen molar-refractivity contribution in [3.8, 4) is 0 Å². The van der Waals surface area contributed by atoms with E-state index in [2.05, 4.69) is 37.1 Å². The SMILES string of the molecule is CCCNC(=O)C(=O)N/N=C\c1cc(Br)ccc1Nc1ccc(F)cc1. The Labute approximate surface area is 159 Å². The van der Waals surface area contributed by atoms with Gasteiger partial charge in [0.2, 0.25) is 0 Å². The number of carbonyl (C=O) groups excluding carboxylic acids is 2. The highest BCUT2D eigenvalue weighted by molar-refractivity contribution is 9.10. The Bertz CT molecular complexity index is 809. The molecule has 0 bridgehead atoms. The highest BCUT2D eigenvalue weighted by Gasteiger charge is 2.11. The van der Waals surface area contributed by atoms with Gasteiger partial charge in [0, 0.05) is 28.0 Å². The number of amides is 2. The Morgan fingerprint density at radius 2 is 1.88 bits per heavy atom. The molecule has 136 valence electrons. The van der Waals surface area contributed by atoms with Crippen molar-refractivity contribution in [3.05, 3.63) is 58.3 Å². The molecule has 3 N–H and O–H groups in total. The third kappa shape index (κ3) is 5.96. The average molecular weight is 421 g/mol. The molecule has 2 amide bonds. The fraction of sp³-hybridized carbons (Fsp3) is 0.167. The van der Waals surface area contributed by atoms with Crippen LogP contribution in [0.1, 0.15) is 18.9 Å². The maximum atomic E-state index is 13.0. The Hall–Kier alpha value is -2.74. The molecule has 0 atom stereocenters. The van der Waals surface area contributed by atoms with E-state index >= 15 is 0 Å². The zero-order valence-electron chi connectivity index (χ0n) is 14.1. The fourth-order valence-corrected chi connectivity index (χ4v) is 2.35. The minimum absolute atomic E-state index is 0.322. The predicted molar refractivity (Wildman–Crippen MR) is 103 cm³/mol. The van der Waals surface area contributed by atoms with E-state index in [-0.39, 0.29) is 5.82 Å². The quantitative estimate of drug-likeness (QED) is 0.380. The van der Waals surface area contributed by atoms with Gasteiger partial charge >= 0.3 is 11.8 Å². The highest BCUT2D eigenvalue weighted by atomic mass is 79.9. The van der Waals surface area contributed by atoms with Crippen molar-refractivity contribution in [1.29, 1.82) is 0 Å². The first-order valence-electron chi connectivity index (χ1n) is 7.93. The summed E-state index contributed by atoms with van der Waals surface area (Å²) in [5, 5.41) is 9.43. The van der Waals surface area contributed by atoms with Gasteiger partial charge in [-0.15, -0.1) is 0 Å². The maximum absolute atomic E-state index is 13.0. The molecule has 0 unspecified atom stereocenters. The summed E-state index contributed by atoms with van der Waals surface area (Å²) >= 11 is 3.37. The number of hydrogen-bond acceptors (Lipinski definition) is 4. The molecule has 0 radical (unpaired) electrons. The first kappa shape index (κ1) is 19.6. The number of nitrogens with zero attached hydrogens (tertiary/aromatic N) is 1. The molecule has 0 aliphatic carbocycles. The van der Waals surface area contributed by atoms with Crippen LogP contribution in [0.15, 0.2) is 52.0 Å². The van der Waals surface area contributed by atoms with Gasteiger partial charge in [0.15, 0.2) is 0 Å². The lowest BCUT2D eigenvalue weighted by Crippen LogP contribution is -2.38. The van der Waals surface area contributed by atoms with Crippen LogP contribution in [0.5, 0.6) is 0 Å². The zero-order valence-corrected chi connectivity index (χ0v) is 15.6. The minimum Gasteiger partial charge on any atom is -0.355 e. The normalized spacial score (nSPS) is 10.6. The van der Waals surface area contributed by atoms with Crippen LogP contribution in [-0.4, -0.2) is 24.6 Å². The van der Waals surface area contributed by atoms with Gasteiger partial charge in [0.25, 0.3) is 0 Å². The molecule has 0 aromatic heterocycles. The van der Waals surface area contributed by atoms with Crippen LogP contribution < -0.4 is 16.1 Å². The van der Waals surface area contributed by atoms with E-state index in [0.717, 1.165) is 10.9 Å². The van der Waals surface area contributed by atoms with E-state index in [1.165, 1.54) is 18.3 Å². The van der Waals surface area contributed by atoms with Crippen LogP contribution >= 0.6 is 15.9 Å². The summed E-state index contributed by atoms with van der Waals surface area (Å²) in [4.78, 5) is 23.1. The number of benzene rings is 2. The van der Waals surface area contributed by atoms with Crippen molar-refractivity contribution in [2.75, 3.05) is 11.9 Å². The monoisotopic (exact) mass is 420 g/mol. The van der Waals surface area contributed by atoms with Crippen molar-refractivity contribution in [2.45, 2.75) is 13.3 Å². The Kier molecular flexibility index (Phi) is 7.28. The average Bonchev–Trinajstić information content (AvgIpc) is 2.63. The van der Waals surface area contributed by atoms with Crippen molar-refractivity contribution in [1.82, 2.24) is 10.7 Å². The first-order chi connectivity index (χ1) is 12.5. The molecule has 6 nitrogen and oxygen atoms in total. The molecule has 8 heteroatoms. The number of halogens is 2. The number of anilines is 2. The molecule has 2 rings (SSSR count). The third-order valence-electron chi connectivity index (χ3n) is 3.25. The molecule has 0 fully saturated rings. The number of rotatable bonds is 6. The van der Waals surface area contributed by atoms with Crippen molar-refractivity contribution >= 4 is 45.3 Å². The molecule has 26 heavy (non-hydrogen) atoms. The summed E-state index contributed by atoms with van der Waals surface area (Å²) in [5.41, 5.74) is 4.25. The van der Waals surface area contributed by atoms with Crippen molar-refractivity contribution in [2.24, 2.45) is 5.10 Å². The molecule has 2 aromatic rings. The van der Waals surface area contributed by atoms with Crippen LogP contribution in [0, 0.1) is 5.82 Å². The summed E-state index contributed by atoms with van der Waals surface area (Å²) in [6.45, 7) is 2.31. The van der Waals surface area contributed by atoms with Crippen molar-refractivity contribution in [3.63, 3.8) is 0 Å². The van der Waals surface area contributed by atoms with Gasteiger partial charge in [-0.05, 0) is 48.9 Å². The van der Waals surface area contributed by atoms with E-state index < -0.39 is 11.8 Å².